The lowest BCUT2D eigenvalue weighted by Gasteiger charge is -2.47. The molecular formula is C20H29N3O4. The summed E-state index contributed by atoms with van der Waals surface area (Å²) in [6, 6.07) is 10.0. The van der Waals surface area contributed by atoms with Crippen LogP contribution in [-0.2, 0) is 16.1 Å². The van der Waals surface area contributed by atoms with Gasteiger partial charge in [0.25, 0.3) is 0 Å². The predicted molar refractivity (Wildman–Crippen MR) is 101 cm³/mol. The van der Waals surface area contributed by atoms with E-state index in [4.69, 9.17) is 9.47 Å². The first kappa shape index (κ1) is 19.5. The van der Waals surface area contributed by atoms with Crippen LogP contribution in [0, 0.1) is 0 Å². The molecule has 0 aromatic heterocycles. The first-order chi connectivity index (χ1) is 12.8. The average Bonchev–Trinajstić information content (AvgIpc) is 2.58. The molecule has 0 radical (unpaired) electrons. The Morgan fingerprint density at radius 1 is 0.963 bits per heavy atom. The van der Waals surface area contributed by atoms with E-state index in [0.717, 1.165) is 18.7 Å². The van der Waals surface area contributed by atoms with Gasteiger partial charge in [0.15, 0.2) is 0 Å². The van der Waals surface area contributed by atoms with E-state index < -0.39 is 5.60 Å². The minimum Gasteiger partial charge on any atom is -0.445 e. The van der Waals surface area contributed by atoms with Crippen molar-refractivity contribution in [1.29, 1.82) is 0 Å². The van der Waals surface area contributed by atoms with Crippen LogP contribution in [0.1, 0.15) is 26.3 Å². The fourth-order valence-electron chi connectivity index (χ4n) is 3.24. The molecule has 2 aliphatic rings. The first-order valence-corrected chi connectivity index (χ1v) is 9.49. The van der Waals surface area contributed by atoms with Gasteiger partial charge < -0.3 is 19.3 Å². The number of nitrogens with zero attached hydrogens (tertiary/aromatic N) is 3. The molecule has 0 spiro atoms. The number of carbonyl (C=O) groups is 2. The Morgan fingerprint density at radius 3 is 2.19 bits per heavy atom. The maximum Gasteiger partial charge on any atom is 0.410 e. The summed E-state index contributed by atoms with van der Waals surface area (Å²) in [7, 11) is 0. The highest BCUT2D eigenvalue weighted by Crippen LogP contribution is 2.20. The van der Waals surface area contributed by atoms with E-state index in [1.807, 2.05) is 51.1 Å². The van der Waals surface area contributed by atoms with Crippen molar-refractivity contribution in [3.05, 3.63) is 35.9 Å². The van der Waals surface area contributed by atoms with Crippen LogP contribution >= 0.6 is 0 Å². The van der Waals surface area contributed by atoms with Crippen molar-refractivity contribution in [2.75, 3.05) is 39.3 Å². The highest BCUT2D eigenvalue weighted by atomic mass is 16.6. The number of carbonyl (C=O) groups excluding carboxylic acids is 2. The highest BCUT2D eigenvalue weighted by Gasteiger charge is 2.38. The zero-order valence-electron chi connectivity index (χ0n) is 16.4. The standard InChI is InChI=1S/C20H29N3O4/c1-20(2,3)27-19(25)23-13-17(14-23)21-9-11-22(12-10-21)18(24)26-15-16-7-5-4-6-8-16/h4-8,17H,9-15H2,1-3H3. The summed E-state index contributed by atoms with van der Waals surface area (Å²) < 4.78 is 10.8. The van der Waals surface area contributed by atoms with Crippen LogP contribution in [0.3, 0.4) is 0 Å². The second-order valence-corrected chi connectivity index (χ2v) is 8.10. The van der Waals surface area contributed by atoms with Gasteiger partial charge in [0.2, 0.25) is 0 Å². The molecule has 0 aliphatic carbocycles. The van der Waals surface area contributed by atoms with Crippen LogP contribution in [0.4, 0.5) is 9.59 Å². The van der Waals surface area contributed by atoms with Crippen LogP contribution in [-0.4, -0.2) is 77.8 Å². The largest absolute Gasteiger partial charge is 0.445 e. The Kier molecular flexibility index (Phi) is 5.89. The molecular weight excluding hydrogens is 346 g/mol. The number of hydrogen-bond acceptors (Lipinski definition) is 5. The van der Waals surface area contributed by atoms with Crippen LogP contribution in [0.2, 0.25) is 0 Å². The summed E-state index contributed by atoms with van der Waals surface area (Å²) >= 11 is 0. The average molecular weight is 375 g/mol. The molecule has 2 aliphatic heterocycles. The predicted octanol–water partition coefficient (Wildman–Crippen LogP) is 2.56. The third kappa shape index (κ3) is 5.35. The number of hydrogen-bond donors (Lipinski definition) is 0. The molecule has 27 heavy (non-hydrogen) atoms. The topological polar surface area (TPSA) is 62.3 Å². The Morgan fingerprint density at radius 2 is 1.59 bits per heavy atom. The van der Waals surface area contributed by atoms with Crippen LogP contribution < -0.4 is 0 Å². The molecule has 0 unspecified atom stereocenters. The number of likely N-dealkylation sites (tertiary alicyclic amines) is 1. The minimum atomic E-state index is -0.464. The van der Waals surface area contributed by atoms with Crippen LogP contribution in [0.15, 0.2) is 30.3 Å². The third-order valence-corrected chi connectivity index (χ3v) is 4.81. The molecule has 0 atom stereocenters. The first-order valence-electron chi connectivity index (χ1n) is 9.49. The van der Waals surface area contributed by atoms with Gasteiger partial charge in [-0.15, -0.1) is 0 Å². The van der Waals surface area contributed by atoms with Gasteiger partial charge in [-0.05, 0) is 26.3 Å². The number of rotatable bonds is 3. The minimum absolute atomic E-state index is 0.248. The van der Waals surface area contributed by atoms with E-state index in [2.05, 4.69) is 4.90 Å². The number of amides is 2. The van der Waals surface area contributed by atoms with Gasteiger partial charge in [-0.3, -0.25) is 4.90 Å². The lowest BCUT2D eigenvalue weighted by Crippen LogP contribution is -2.64. The Balaban J connectivity index is 1.36. The van der Waals surface area contributed by atoms with Crippen molar-refractivity contribution in [3.8, 4) is 0 Å². The molecule has 7 nitrogen and oxygen atoms in total. The van der Waals surface area contributed by atoms with E-state index in [1.54, 1.807) is 9.80 Å². The van der Waals surface area contributed by atoms with Crippen LogP contribution in [0.25, 0.3) is 0 Å². The maximum absolute atomic E-state index is 12.2. The molecule has 7 heteroatoms. The smallest absolute Gasteiger partial charge is 0.410 e. The van der Waals surface area contributed by atoms with E-state index >= 15 is 0 Å². The normalized spacial score (nSPS) is 18.8. The number of ether oxygens (including phenoxy) is 2. The summed E-state index contributed by atoms with van der Waals surface area (Å²) in [6.45, 7) is 10.2. The maximum atomic E-state index is 12.2. The molecule has 0 bridgehead atoms. The molecule has 0 saturated carbocycles. The molecule has 1 aromatic carbocycles. The summed E-state index contributed by atoms with van der Waals surface area (Å²) in [5.41, 5.74) is 0.523. The molecule has 1 aromatic rings. The Labute approximate surface area is 160 Å². The summed E-state index contributed by atoms with van der Waals surface area (Å²) in [5, 5.41) is 0. The lowest BCUT2D eigenvalue weighted by molar-refractivity contribution is -0.0245. The van der Waals surface area contributed by atoms with Gasteiger partial charge in [-0.25, -0.2) is 9.59 Å². The number of benzene rings is 1. The van der Waals surface area contributed by atoms with Crippen molar-refractivity contribution in [1.82, 2.24) is 14.7 Å². The summed E-state index contributed by atoms with van der Waals surface area (Å²) in [4.78, 5) is 30.1. The van der Waals surface area contributed by atoms with E-state index in [-0.39, 0.29) is 12.2 Å². The fourth-order valence-corrected chi connectivity index (χ4v) is 3.24. The Bertz CT molecular complexity index is 645. The zero-order chi connectivity index (χ0) is 19.4. The fraction of sp³-hybridized carbons (Fsp3) is 0.600. The second kappa shape index (κ2) is 8.17. The summed E-state index contributed by atoms with van der Waals surface area (Å²) in [5.74, 6) is 0. The van der Waals surface area contributed by atoms with Gasteiger partial charge in [0, 0.05) is 45.3 Å². The monoisotopic (exact) mass is 375 g/mol. The quantitative estimate of drug-likeness (QED) is 0.813. The van der Waals surface area contributed by atoms with E-state index in [1.165, 1.54) is 0 Å². The van der Waals surface area contributed by atoms with E-state index in [9.17, 15) is 9.59 Å². The third-order valence-electron chi connectivity index (χ3n) is 4.81. The Hall–Kier alpha value is -2.28. The van der Waals surface area contributed by atoms with Gasteiger partial charge in [0.1, 0.15) is 12.2 Å². The van der Waals surface area contributed by atoms with Gasteiger partial charge in [0.05, 0.1) is 0 Å². The van der Waals surface area contributed by atoms with Gasteiger partial charge >= 0.3 is 12.2 Å². The lowest BCUT2D eigenvalue weighted by atomic mass is 10.1. The van der Waals surface area contributed by atoms with Crippen molar-refractivity contribution < 1.29 is 19.1 Å². The highest BCUT2D eigenvalue weighted by molar-refractivity contribution is 5.69. The van der Waals surface area contributed by atoms with Crippen molar-refractivity contribution >= 4 is 12.2 Å². The molecule has 3 rings (SSSR count). The number of piperazine rings is 1. The molecule has 2 saturated heterocycles. The van der Waals surface area contributed by atoms with Crippen LogP contribution in [0.5, 0.6) is 0 Å². The summed E-state index contributed by atoms with van der Waals surface area (Å²) in [6.07, 6.45) is -0.510. The SMILES string of the molecule is CC(C)(C)OC(=O)N1CC(N2CCN(C(=O)OCc3ccccc3)CC2)C1. The molecule has 2 amide bonds. The molecule has 0 N–H and O–H groups in total. The van der Waals surface area contributed by atoms with Gasteiger partial charge in [-0.2, -0.15) is 0 Å². The zero-order valence-corrected chi connectivity index (χ0v) is 16.4. The molecule has 2 fully saturated rings. The van der Waals surface area contributed by atoms with Crippen molar-refractivity contribution in [2.24, 2.45) is 0 Å². The van der Waals surface area contributed by atoms with Gasteiger partial charge in [-0.1, -0.05) is 30.3 Å². The molecule has 2 heterocycles. The van der Waals surface area contributed by atoms with Crippen molar-refractivity contribution in [2.45, 2.75) is 39.0 Å². The molecule has 148 valence electrons. The second-order valence-electron chi connectivity index (χ2n) is 8.10. The van der Waals surface area contributed by atoms with Crippen molar-refractivity contribution in [3.63, 3.8) is 0 Å². The van der Waals surface area contributed by atoms with E-state index in [0.29, 0.717) is 38.8 Å².